The summed E-state index contributed by atoms with van der Waals surface area (Å²) >= 11 is 0. The number of methoxy groups -OCH3 is 1. The Hall–Kier alpha value is -2.83. The molecule has 0 bridgehead atoms. The normalized spacial score (nSPS) is 15.0. The highest BCUT2D eigenvalue weighted by atomic mass is 19.1. The first-order valence-corrected chi connectivity index (χ1v) is 8.17. The van der Waals surface area contributed by atoms with Crippen LogP contribution in [0.5, 0.6) is 5.75 Å². The number of rotatable bonds is 4. The zero-order chi connectivity index (χ0) is 17.8. The fraction of sp³-hybridized carbons (Fsp3) is 0.333. The molecule has 0 N–H and O–H groups in total. The minimum Gasteiger partial charge on any atom is -0.494 e. The van der Waals surface area contributed by atoms with Crippen molar-refractivity contribution in [3.63, 3.8) is 0 Å². The number of nitro groups is 1. The summed E-state index contributed by atoms with van der Waals surface area (Å²) in [5.74, 6) is -0.705. The summed E-state index contributed by atoms with van der Waals surface area (Å²) in [6.07, 6.45) is 0.853. The van der Waals surface area contributed by atoms with Crippen molar-refractivity contribution in [1.82, 2.24) is 0 Å². The van der Waals surface area contributed by atoms with Crippen LogP contribution in [0.4, 0.5) is 21.5 Å². The monoisotopic (exact) mass is 345 g/mol. The van der Waals surface area contributed by atoms with Crippen LogP contribution in [0.2, 0.25) is 0 Å². The van der Waals surface area contributed by atoms with Gasteiger partial charge < -0.3 is 14.5 Å². The average Bonchev–Trinajstić information content (AvgIpc) is 2.88. The Kier molecular flexibility index (Phi) is 5.02. The predicted octanol–water partition coefficient (Wildman–Crippen LogP) is 3.46. The maximum Gasteiger partial charge on any atom is 0.295 e. The van der Waals surface area contributed by atoms with Crippen LogP contribution in [-0.2, 0) is 0 Å². The number of nitrogens with zero attached hydrogens (tertiary/aromatic N) is 3. The van der Waals surface area contributed by atoms with Crippen molar-refractivity contribution in [3.05, 3.63) is 58.4 Å². The number of ether oxygens (including phenoxy) is 1. The Morgan fingerprint density at radius 1 is 1.08 bits per heavy atom. The second-order valence-corrected chi connectivity index (χ2v) is 5.90. The van der Waals surface area contributed by atoms with Gasteiger partial charge in [0.1, 0.15) is 5.69 Å². The summed E-state index contributed by atoms with van der Waals surface area (Å²) in [6, 6.07) is 12.4. The van der Waals surface area contributed by atoms with Crippen LogP contribution in [0, 0.1) is 15.9 Å². The minimum absolute atomic E-state index is 0.0183. The van der Waals surface area contributed by atoms with E-state index in [2.05, 4.69) is 17.0 Å². The van der Waals surface area contributed by atoms with Crippen LogP contribution >= 0.6 is 0 Å². The molecule has 0 atom stereocenters. The van der Waals surface area contributed by atoms with Crippen molar-refractivity contribution in [2.45, 2.75) is 6.42 Å². The lowest BCUT2D eigenvalue weighted by molar-refractivity contribution is -0.384. The number of para-hydroxylation sites is 1. The molecule has 0 amide bonds. The van der Waals surface area contributed by atoms with Crippen LogP contribution in [0.15, 0.2) is 42.5 Å². The third-order valence-electron chi connectivity index (χ3n) is 4.40. The highest BCUT2D eigenvalue weighted by molar-refractivity contribution is 5.66. The summed E-state index contributed by atoms with van der Waals surface area (Å²) in [7, 11) is 1.35. The van der Waals surface area contributed by atoms with Gasteiger partial charge in [0.2, 0.25) is 0 Å². The smallest absolute Gasteiger partial charge is 0.295 e. The van der Waals surface area contributed by atoms with Gasteiger partial charge in [-0.25, -0.2) is 4.39 Å². The number of halogens is 1. The number of anilines is 2. The molecule has 1 fully saturated rings. The largest absolute Gasteiger partial charge is 0.494 e. The molecule has 1 heterocycles. The Bertz CT molecular complexity index is 755. The van der Waals surface area contributed by atoms with Gasteiger partial charge in [-0.15, -0.1) is 0 Å². The maximum atomic E-state index is 13.9. The summed E-state index contributed by atoms with van der Waals surface area (Å²) < 4.78 is 18.9. The molecular formula is C18H20FN3O3. The van der Waals surface area contributed by atoms with Gasteiger partial charge in [-0.1, -0.05) is 18.2 Å². The van der Waals surface area contributed by atoms with E-state index in [4.69, 9.17) is 4.74 Å². The van der Waals surface area contributed by atoms with Gasteiger partial charge >= 0.3 is 0 Å². The first-order chi connectivity index (χ1) is 12.1. The summed E-state index contributed by atoms with van der Waals surface area (Å²) in [4.78, 5) is 15.0. The van der Waals surface area contributed by atoms with Gasteiger partial charge in [0, 0.05) is 37.9 Å². The SMILES string of the molecule is COc1cc(N2CCCN(c3ccccc3)CC2)c([N+](=O)[O-])cc1F. The molecule has 2 aromatic carbocycles. The number of hydrogen-bond donors (Lipinski definition) is 0. The topological polar surface area (TPSA) is 58.8 Å². The molecule has 0 aliphatic carbocycles. The Morgan fingerprint density at radius 3 is 2.44 bits per heavy atom. The van der Waals surface area contributed by atoms with Crippen molar-refractivity contribution in [3.8, 4) is 5.75 Å². The molecule has 132 valence electrons. The summed E-state index contributed by atoms with van der Waals surface area (Å²) in [5.41, 5.74) is 1.31. The predicted molar refractivity (Wildman–Crippen MR) is 95.1 cm³/mol. The standard InChI is InChI=1S/C18H20FN3O3/c1-25-18-13-16(17(22(23)24)12-15(18)19)21-9-5-8-20(10-11-21)14-6-3-2-4-7-14/h2-4,6-7,12-13H,5,8-11H2,1H3. The second-order valence-electron chi connectivity index (χ2n) is 5.90. The molecular weight excluding hydrogens is 325 g/mol. The van der Waals surface area contributed by atoms with Crippen LogP contribution < -0.4 is 14.5 Å². The van der Waals surface area contributed by atoms with Crippen LogP contribution in [0.1, 0.15) is 6.42 Å². The van der Waals surface area contributed by atoms with Crippen molar-refractivity contribution in [2.24, 2.45) is 0 Å². The van der Waals surface area contributed by atoms with Crippen molar-refractivity contribution in [1.29, 1.82) is 0 Å². The first-order valence-electron chi connectivity index (χ1n) is 8.17. The molecule has 0 saturated carbocycles. The van der Waals surface area contributed by atoms with Crippen molar-refractivity contribution in [2.75, 3.05) is 43.1 Å². The number of hydrogen-bond acceptors (Lipinski definition) is 5. The van der Waals surface area contributed by atoms with Crippen LogP contribution in [-0.4, -0.2) is 38.2 Å². The molecule has 1 saturated heterocycles. The Balaban J connectivity index is 1.86. The van der Waals surface area contributed by atoms with E-state index >= 15 is 0 Å². The van der Waals surface area contributed by atoms with E-state index in [-0.39, 0.29) is 11.4 Å². The van der Waals surface area contributed by atoms with E-state index in [9.17, 15) is 14.5 Å². The van der Waals surface area contributed by atoms with Gasteiger partial charge in [0.05, 0.1) is 18.1 Å². The maximum absolute atomic E-state index is 13.9. The van der Waals surface area contributed by atoms with Gasteiger partial charge in [-0.3, -0.25) is 10.1 Å². The molecule has 7 heteroatoms. The molecule has 6 nitrogen and oxygen atoms in total. The van der Waals surface area contributed by atoms with E-state index in [0.717, 1.165) is 31.3 Å². The quantitative estimate of drug-likeness (QED) is 0.627. The summed E-state index contributed by atoms with van der Waals surface area (Å²) in [5, 5.41) is 11.3. The Labute approximate surface area is 145 Å². The van der Waals surface area contributed by atoms with Crippen LogP contribution in [0.3, 0.4) is 0 Å². The number of nitro benzene ring substituents is 1. The first kappa shape index (κ1) is 17.0. The van der Waals surface area contributed by atoms with Gasteiger partial charge in [0.15, 0.2) is 11.6 Å². The fourth-order valence-electron chi connectivity index (χ4n) is 3.14. The van der Waals surface area contributed by atoms with Gasteiger partial charge in [0.25, 0.3) is 5.69 Å². The minimum atomic E-state index is -0.723. The highest BCUT2D eigenvalue weighted by Crippen LogP contribution is 2.35. The molecule has 0 aromatic heterocycles. The summed E-state index contributed by atoms with van der Waals surface area (Å²) in [6.45, 7) is 2.89. The van der Waals surface area contributed by atoms with Crippen molar-refractivity contribution >= 4 is 17.1 Å². The van der Waals surface area contributed by atoms with Crippen LogP contribution in [0.25, 0.3) is 0 Å². The molecule has 1 aliphatic rings. The van der Waals surface area contributed by atoms with E-state index < -0.39 is 10.7 Å². The lowest BCUT2D eigenvalue weighted by Gasteiger charge is -2.25. The zero-order valence-electron chi connectivity index (χ0n) is 14.0. The zero-order valence-corrected chi connectivity index (χ0v) is 14.0. The highest BCUT2D eigenvalue weighted by Gasteiger charge is 2.25. The third kappa shape index (κ3) is 3.65. The van der Waals surface area contributed by atoms with Crippen molar-refractivity contribution < 1.29 is 14.1 Å². The molecule has 0 spiro atoms. The lowest BCUT2D eigenvalue weighted by Crippen LogP contribution is -2.31. The third-order valence-corrected chi connectivity index (χ3v) is 4.40. The molecule has 0 unspecified atom stereocenters. The molecule has 3 rings (SSSR count). The molecule has 0 radical (unpaired) electrons. The average molecular weight is 345 g/mol. The van der Waals surface area contributed by atoms with Gasteiger partial charge in [-0.2, -0.15) is 0 Å². The second kappa shape index (κ2) is 7.38. The van der Waals surface area contributed by atoms with E-state index in [0.29, 0.717) is 18.8 Å². The van der Waals surface area contributed by atoms with Gasteiger partial charge in [-0.05, 0) is 18.6 Å². The number of benzene rings is 2. The molecule has 25 heavy (non-hydrogen) atoms. The van der Waals surface area contributed by atoms with E-state index in [1.54, 1.807) is 0 Å². The molecule has 2 aromatic rings. The fourth-order valence-corrected chi connectivity index (χ4v) is 3.14. The Morgan fingerprint density at radius 2 is 1.76 bits per heavy atom. The van der Waals surface area contributed by atoms with E-state index in [1.165, 1.54) is 13.2 Å². The molecule has 1 aliphatic heterocycles. The lowest BCUT2D eigenvalue weighted by atomic mass is 10.2. The van der Waals surface area contributed by atoms with E-state index in [1.807, 2.05) is 23.1 Å².